The molecule has 0 aliphatic carbocycles. The van der Waals surface area contributed by atoms with Crippen LogP contribution in [0.2, 0.25) is 0 Å². The van der Waals surface area contributed by atoms with Crippen molar-refractivity contribution in [3.63, 3.8) is 0 Å². The first-order chi connectivity index (χ1) is 18.1. The fourth-order valence-electron chi connectivity index (χ4n) is 4.11. The lowest BCUT2D eigenvalue weighted by atomic mass is 9.98. The number of halogens is 1. The molecule has 0 unspecified atom stereocenters. The third-order valence-corrected chi connectivity index (χ3v) is 6.20. The Morgan fingerprint density at radius 2 is 1.14 bits per heavy atom. The number of benzene rings is 3. The number of hydrogen-bond donors (Lipinski definition) is 1. The van der Waals surface area contributed by atoms with E-state index in [1.165, 1.54) is 0 Å². The number of carbonyl (C=O) groups excluding carboxylic acids is 1. The Morgan fingerprint density at radius 3 is 1.59 bits per heavy atom. The molecule has 5 atom stereocenters. The van der Waals surface area contributed by atoms with E-state index >= 15 is 0 Å². The highest BCUT2D eigenvalue weighted by molar-refractivity contribution is 6.26. The highest BCUT2D eigenvalue weighted by Gasteiger charge is 2.48. The second-order valence-corrected chi connectivity index (χ2v) is 8.93. The van der Waals surface area contributed by atoms with Gasteiger partial charge in [-0.05, 0) is 16.7 Å². The highest BCUT2D eigenvalue weighted by atomic mass is 35.5. The molecule has 0 saturated carbocycles. The zero-order valence-electron chi connectivity index (χ0n) is 20.4. The first-order valence-corrected chi connectivity index (χ1v) is 12.7. The van der Waals surface area contributed by atoms with Gasteiger partial charge in [-0.1, -0.05) is 91.0 Å². The first kappa shape index (κ1) is 27.3. The monoisotopic (exact) mass is 526 g/mol. The molecule has 3 aromatic carbocycles. The molecule has 3 aromatic rings. The standard InChI is InChI=1S/C29H31ClO7/c30-16-25(31)33-20-24-26(34-17-21-10-4-1-5-11-21)27(35-18-22-12-6-2-7-13-22)28(29(32)37-24)36-19-23-14-8-3-9-15-23/h1-15,24,26-29,32H,16-20H2/t24-,26-,27+,28-,29+/m1/s1. The lowest BCUT2D eigenvalue weighted by molar-refractivity contribution is -0.315. The van der Waals surface area contributed by atoms with Crippen LogP contribution in [0.15, 0.2) is 91.0 Å². The molecule has 1 fully saturated rings. The third-order valence-electron chi connectivity index (χ3n) is 5.98. The minimum atomic E-state index is -1.33. The molecule has 1 aliphatic rings. The second-order valence-electron chi connectivity index (χ2n) is 8.67. The summed E-state index contributed by atoms with van der Waals surface area (Å²) in [5, 5.41) is 11.0. The minimum Gasteiger partial charge on any atom is -0.462 e. The molecule has 0 radical (unpaired) electrons. The molecule has 7 nitrogen and oxygen atoms in total. The Balaban J connectivity index is 1.57. The van der Waals surface area contributed by atoms with E-state index in [-0.39, 0.29) is 32.3 Å². The van der Waals surface area contributed by atoms with Gasteiger partial charge in [-0.3, -0.25) is 4.79 Å². The number of aliphatic hydroxyl groups is 1. The van der Waals surface area contributed by atoms with Crippen LogP contribution in [0.4, 0.5) is 0 Å². The van der Waals surface area contributed by atoms with Gasteiger partial charge in [-0.25, -0.2) is 0 Å². The van der Waals surface area contributed by atoms with Crippen LogP contribution in [0.3, 0.4) is 0 Å². The lowest BCUT2D eigenvalue weighted by Crippen LogP contribution is -2.61. The van der Waals surface area contributed by atoms with Crippen molar-refractivity contribution in [2.24, 2.45) is 0 Å². The van der Waals surface area contributed by atoms with Crippen LogP contribution >= 0.6 is 11.6 Å². The van der Waals surface area contributed by atoms with E-state index in [0.717, 1.165) is 16.7 Å². The minimum absolute atomic E-state index is 0.154. The molecule has 37 heavy (non-hydrogen) atoms. The molecule has 0 bridgehead atoms. The van der Waals surface area contributed by atoms with Gasteiger partial charge >= 0.3 is 5.97 Å². The number of hydrogen-bond acceptors (Lipinski definition) is 7. The van der Waals surface area contributed by atoms with Gasteiger partial charge in [-0.2, -0.15) is 0 Å². The largest absolute Gasteiger partial charge is 0.462 e. The summed E-state index contributed by atoms with van der Waals surface area (Å²) in [6, 6.07) is 29.0. The molecule has 8 heteroatoms. The van der Waals surface area contributed by atoms with Crippen LogP contribution in [0.5, 0.6) is 0 Å². The number of aliphatic hydroxyl groups excluding tert-OH is 1. The predicted molar refractivity (Wildman–Crippen MR) is 138 cm³/mol. The van der Waals surface area contributed by atoms with Crippen molar-refractivity contribution in [1.82, 2.24) is 0 Å². The summed E-state index contributed by atoms with van der Waals surface area (Å²) in [4.78, 5) is 11.8. The zero-order valence-corrected chi connectivity index (χ0v) is 21.1. The van der Waals surface area contributed by atoms with Gasteiger partial charge in [0, 0.05) is 0 Å². The average Bonchev–Trinajstić information content (AvgIpc) is 2.95. The molecule has 196 valence electrons. The molecular formula is C29H31ClO7. The van der Waals surface area contributed by atoms with Crippen molar-refractivity contribution in [2.75, 3.05) is 12.5 Å². The Kier molecular flexibility index (Phi) is 10.5. The van der Waals surface area contributed by atoms with Crippen molar-refractivity contribution in [3.05, 3.63) is 108 Å². The smallest absolute Gasteiger partial charge is 0.320 e. The quantitative estimate of drug-likeness (QED) is 0.279. The summed E-state index contributed by atoms with van der Waals surface area (Å²) in [5.41, 5.74) is 2.85. The average molecular weight is 527 g/mol. The van der Waals surface area contributed by atoms with E-state index in [4.69, 9.17) is 35.3 Å². The summed E-state index contributed by atoms with van der Waals surface area (Å²) in [5.74, 6) is -0.882. The lowest BCUT2D eigenvalue weighted by Gasteiger charge is -2.44. The molecule has 0 aromatic heterocycles. The summed E-state index contributed by atoms with van der Waals surface area (Å²) in [6.45, 7) is 0.622. The van der Waals surface area contributed by atoms with Gasteiger partial charge in [0.15, 0.2) is 6.29 Å². The van der Waals surface area contributed by atoms with Crippen LogP contribution < -0.4 is 0 Å². The Hall–Kier alpha value is -2.78. The Morgan fingerprint density at radius 1 is 0.703 bits per heavy atom. The predicted octanol–water partition coefficient (Wildman–Crippen LogP) is 4.24. The van der Waals surface area contributed by atoms with E-state index in [0.29, 0.717) is 0 Å². The van der Waals surface area contributed by atoms with Gasteiger partial charge in [0.05, 0.1) is 19.8 Å². The Labute approximate surface area is 221 Å². The number of ether oxygens (including phenoxy) is 5. The zero-order chi connectivity index (χ0) is 25.9. The fraction of sp³-hybridized carbons (Fsp3) is 0.345. The molecular weight excluding hydrogens is 496 g/mol. The maximum absolute atomic E-state index is 11.8. The molecule has 1 heterocycles. The maximum Gasteiger partial charge on any atom is 0.320 e. The number of rotatable bonds is 12. The fourth-order valence-corrected chi connectivity index (χ4v) is 4.19. The molecule has 0 amide bonds. The van der Waals surface area contributed by atoms with Crippen molar-refractivity contribution < 1.29 is 33.6 Å². The SMILES string of the molecule is O=C(CCl)OC[C@H]1O[C@H](O)[C@H](OCc2ccccc2)[C@@H](OCc2ccccc2)[C@@H]1OCc1ccccc1. The van der Waals surface area contributed by atoms with E-state index in [1.807, 2.05) is 91.0 Å². The van der Waals surface area contributed by atoms with Crippen molar-refractivity contribution in [3.8, 4) is 0 Å². The molecule has 0 spiro atoms. The van der Waals surface area contributed by atoms with Crippen LogP contribution in [0.25, 0.3) is 0 Å². The first-order valence-electron chi connectivity index (χ1n) is 12.2. The number of alkyl halides is 1. The number of carbonyl (C=O) groups is 1. The van der Waals surface area contributed by atoms with Crippen LogP contribution in [0, 0.1) is 0 Å². The van der Waals surface area contributed by atoms with Gasteiger partial charge < -0.3 is 28.8 Å². The summed E-state index contributed by atoms with van der Waals surface area (Å²) >= 11 is 5.60. The van der Waals surface area contributed by atoms with Crippen LogP contribution in [-0.2, 0) is 48.3 Å². The third kappa shape index (κ3) is 8.10. The Bertz CT molecular complexity index is 1070. The molecule has 1 aliphatic heterocycles. The van der Waals surface area contributed by atoms with Gasteiger partial charge in [-0.15, -0.1) is 11.6 Å². The topological polar surface area (TPSA) is 83.5 Å². The van der Waals surface area contributed by atoms with E-state index in [9.17, 15) is 9.90 Å². The highest BCUT2D eigenvalue weighted by Crippen LogP contribution is 2.30. The summed E-state index contributed by atoms with van der Waals surface area (Å²) in [7, 11) is 0. The van der Waals surface area contributed by atoms with Crippen LogP contribution in [0.1, 0.15) is 16.7 Å². The van der Waals surface area contributed by atoms with E-state index in [2.05, 4.69) is 0 Å². The van der Waals surface area contributed by atoms with E-state index < -0.39 is 36.7 Å². The molecule has 1 saturated heterocycles. The van der Waals surface area contributed by atoms with Crippen molar-refractivity contribution in [2.45, 2.75) is 50.5 Å². The normalized spacial score (nSPS) is 23.5. The summed E-state index contributed by atoms with van der Waals surface area (Å²) in [6.07, 6.45) is -4.43. The molecule has 4 rings (SSSR count). The van der Waals surface area contributed by atoms with Crippen molar-refractivity contribution >= 4 is 17.6 Å². The van der Waals surface area contributed by atoms with Crippen molar-refractivity contribution in [1.29, 1.82) is 0 Å². The van der Waals surface area contributed by atoms with Gasteiger partial charge in [0.1, 0.15) is 36.9 Å². The van der Waals surface area contributed by atoms with E-state index in [1.54, 1.807) is 0 Å². The van der Waals surface area contributed by atoms with Gasteiger partial charge in [0.2, 0.25) is 0 Å². The maximum atomic E-state index is 11.8. The second kappa shape index (κ2) is 14.2. The van der Waals surface area contributed by atoms with Crippen LogP contribution in [-0.4, -0.2) is 54.3 Å². The summed E-state index contributed by atoms with van der Waals surface area (Å²) < 4.78 is 29.9. The van der Waals surface area contributed by atoms with Gasteiger partial charge in [0.25, 0.3) is 0 Å². The number of esters is 1. The molecule has 1 N–H and O–H groups in total.